The number of aliphatic imine (C=N–C) groups is 1. The Labute approximate surface area is 174 Å². The molecule has 0 aromatic heterocycles. The van der Waals surface area contributed by atoms with Crippen LogP contribution in [0.2, 0.25) is 0 Å². The number of carbonyl (C=O) groups excluding carboxylic acids is 2. The molecular weight excluding hydrogens is 402 g/mol. The van der Waals surface area contributed by atoms with Crippen LogP contribution in [0.5, 0.6) is 0 Å². The fraction of sp³-hybridized carbons (Fsp3) is 0.526. The molecule has 1 aliphatic heterocycles. The number of thioether (sulfide) groups is 1. The number of halogens is 1. The molecule has 1 aromatic carbocycles. The van der Waals surface area contributed by atoms with E-state index >= 15 is 0 Å². The number of carbonyl (C=O) groups is 2. The van der Waals surface area contributed by atoms with Crippen molar-refractivity contribution in [1.82, 2.24) is 5.32 Å². The molecule has 2 rings (SSSR count). The third kappa shape index (κ3) is 7.24. The molecule has 0 saturated carbocycles. The van der Waals surface area contributed by atoms with Crippen LogP contribution in [0.3, 0.4) is 0 Å². The third-order valence-corrected chi connectivity index (χ3v) is 5.25. The lowest BCUT2D eigenvalue weighted by Crippen LogP contribution is -2.45. The van der Waals surface area contributed by atoms with Crippen molar-refractivity contribution < 1.29 is 19.1 Å². The number of rotatable bonds is 7. The maximum atomic E-state index is 11.8. The van der Waals surface area contributed by atoms with E-state index in [1.807, 2.05) is 31.2 Å². The molecule has 2 amide bonds. The van der Waals surface area contributed by atoms with E-state index in [1.54, 1.807) is 25.6 Å². The van der Waals surface area contributed by atoms with E-state index in [0.717, 1.165) is 10.6 Å². The van der Waals surface area contributed by atoms with Gasteiger partial charge in [-0.15, -0.1) is 23.4 Å². The van der Waals surface area contributed by atoms with Crippen molar-refractivity contribution >= 4 is 46.3 Å². The molecule has 28 heavy (non-hydrogen) atoms. The van der Waals surface area contributed by atoms with Gasteiger partial charge in [0.1, 0.15) is 0 Å². The number of alkyl carbamates (subject to hydrolysis) is 1. The molecule has 0 fully saturated rings. The fourth-order valence-electron chi connectivity index (χ4n) is 2.41. The number of hydrogen-bond acceptors (Lipinski definition) is 6. The second kappa shape index (κ2) is 11.2. The SMILES string of the molecule is CC(C)OC(=O)Nc1ccc(C2=N[C@H](C)C(NC(=O)OCCCCl)CS2)cc1. The van der Waals surface area contributed by atoms with E-state index < -0.39 is 12.2 Å². The van der Waals surface area contributed by atoms with Crippen molar-refractivity contribution in [3.8, 4) is 0 Å². The van der Waals surface area contributed by atoms with Crippen LogP contribution in [0.1, 0.15) is 32.8 Å². The van der Waals surface area contributed by atoms with Gasteiger partial charge in [0, 0.05) is 22.9 Å². The van der Waals surface area contributed by atoms with E-state index in [0.29, 0.717) is 30.3 Å². The highest BCUT2D eigenvalue weighted by Crippen LogP contribution is 2.24. The summed E-state index contributed by atoms with van der Waals surface area (Å²) in [5.41, 5.74) is 1.62. The number of hydrogen-bond donors (Lipinski definition) is 2. The average molecular weight is 428 g/mol. The van der Waals surface area contributed by atoms with Crippen LogP contribution in [-0.4, -0.2) is 53.7 Å². The number of anilines is 1. The summed E-state index contributed by atoms with van der Waals surface area (Å²) in [7, 11) is 0. The van der Waals surface area contributed by atoms with Gasteiger partial charge in [-0.3, -0.25) is 10.3 Å². The fourth-order valence-corrected chi connectivity index (χ4v) is 3.76. The first-order valence-electron chi connectivity index (χ1n) is 9.17. The van der Waals surface area contributed by atoms with Crippen molar-refractivity contribution in [1.29, 1.82) is 0 Å². The quantitative estimate of drug-likeness (QED) is 0.501. The van der Waals surface area contributed by atoms with Gasteiger partial charge in [-0.1, -0.05) is 12.1 Å². The topological polar surface area (TPSA) is 89.0 Å². The summed E-state index contributed by atoms with van der Waals surface area (Å²) < 4.78 is 10.1. The van der Waals surface area contributed by atoms with E-state index in [1.165, 1.54) is 0 Å². The van der Waals surface area contributed by atoms with Crippen LogP contribution >= 0.6 is 23.4 Å². The van der Waals surface area contributed by atoms with E-state index in [9.17, 15) is 9.59 Å². The lowest BCUT2D eigenvalue weighted by atomic mass is 10.1. The number of nitrogens with zero attached hydrogens (tertiary/aromatic N) is 1. The Morgan fingerprint density at radius 3 is 2.61 bits per heavy atom. The molecule has 9 heteroatoms. The first-order chi connectivity index (χ1) is 13.4. The maximum Gasteiger partial charge on any atom is 0.411 e. The summed E-state index contributed by atoms with van der Waals surface area (Å²) in [6.07, 6.45) is -0.461. The third-order valence-electron chi connectivity index (χ3n) is 3.84. The summed E-state index contributed by atoms with van der Waals surface area (Å²) in [4.78, 5) is 28.1. The predicted molar refractivity (Wildman–Crippen MR) is 114 cm³/mol. The van der Waals surface area contributed by atoms with Crippen molar-refractivity contribution in [3.05, 3.63) is 29.8 Å². The molecule has 0 saturated heterocycles. The van der Waals surface area contributed by atoms with Crippen molar-refractivity contribution in [3.63, 3.8) is 0 Å². The smallest absolute Gasteiger partial charge is 0.411 e. The Bertz CT molecular complexity index is 697. The van der Waals surface area contributed by atoms with Gasteiger partial charge in [0.15, 0.2) is 0 Å². The molecule has 0 spiro atoms. The van der Waals surface area contributed by atoms with E-state index in [2.05, 4.69) is 15.6 Å². The van der Waals surface area contributed by atoms with Gasteiger partial charge in [0.2, 0.25) is 0 Å². The molecule has 1 unspecified atom stereocenters. The summed E-state index contributed by atoms with van der Waals surface area (Å²) in [5, 5.41) is 6.44. The Balaban J connectivity index is 1.90. The molecule has 0 bridgehead atoms. The molecule has 1 aliphatic rings. The van der Waals surface area contributed by atoms with Crippen molar-refractivity contribution in [2.75, 3.05) is 23.6 Å². The molecule has 1 aromatic rings. The summed E-state index contributed by atoms with van der Waals surface area (Å²) in [6, 6.07) is 7.25. The zero-order valence-electron chi connectivity index (χ0n) is 16.2. The minimum atomic E-state index is -0.479. The molecule has 2 atom stereocenters. The highest BCUT2D eigenvalue weighted by Gasteiger charge is 2.26. The molecule has 0 radical (unpaired) electrons. The largest absolute Gasteiger partial charge is 0.450 e. The molecule has 154 valence electrons. The van der Waals surface area contributed by atoms with Crippen LogP contribution < -0.4 is 10.6 Å². The van der Waals surface area contributed by atoms with Crippen LogP contribution in [0.25, 0.3) is 0 Å². The highest BCUT2D eigenvalue weighted by molar-refractivity contribution is 8.14. The first-order valence-corrected chi connectivity index (χ1v) is 10.7. The number of alkyl halides is 1. The number of benzene rings is 1. The molecular formula is C19H26ClN3O4S. The Morgan fingerprint density at radius 2 is 2.00 bits per heavy atom. The highest BCUT2D eigenvalue weighted by atomic mass is 35.5. The van der Waals surface area contributed by atoms with Crippen LogP contribution in [0.4, 0.5) is 15.3 Å². The summed E-state index contributed by atoms with van der Waals surface area (Å²) in [6.45, 7) is 5.86. The minimum absolute atomic E-state index is 0.0735. The number of amides is 2. The lowest BCUT2D eigenvalue weighted by Gasteiger charge is -2.27. The Hall–Kier alpha value is -1.93. The first kappa shape index (κ1) is 22.4. The van der Waals surface area contributed by atoms with Crippen LogP contribution in [0.15, 0.2) is 29.3 Å². The number of ether oxygens (including phenoxy) is 2. The zero-order valence-corrected chi connectivity index (χ0v) is 17.8. The standard InChI is InChI=1S/C19H26ClN3O4S/c1-12(2)27-19(25)22-15-7-5-14(6-8-15)17-21-13(3)16(11-28-17)23-18(24)26-10-4-9-20/h5-8,12-13,16H,4,9-11H2,1-3H3,(H,22,25)(H,23,24)/t13-,16?/m1/s1. The van der Waals surface area contributed by atoms with E-state index in [-0.39, 0.29) is 18.2 Å². The lowest BCUT2D eigenvalue weighted by molar-refractivity contribution is 0.130. The average Bonchev–Trinajstić information content (AvgIpc) is 2.63. The zero-order chi connectivity index (χ0) is 20.5. The van der Waals surface area contributed by atoms with Crippen LogP contribution in [0, 0.1) is 0 Å². The second-order valence-electron chi connectivity index (χ2n) is 6.57. The summed E-state index contributed by atoms with van der Waals surface area (Å²) >= 11 is 7.14. The monoisotopic (exact) mass is 427 g/mol. The van der Waals surface area contributed by atoms with Gasteiger partial charge in [0.05, 0.1) is 29.8 Å². The van der Waals surface area contributed by atoms with Gasteiger partial charge >= 0.3 is 12.2 Å². The van der Waals surface area contributed by atoms with Gasteiger partial charge in [0.25, 0.3) is 0 Å². The Morgan fingerprint density at radius 1 is 1.29 bits per heavy atom. The predicted octanol–water partition coefficient (Wildman–Crippen LogP) is 4.25. The van der Waals surface area contributed by atoms with Gasteiger partial charge < -0.3 is 14.8 Å². The second-order valence-corrected chi connectivity index (χ2v) is 7.96. The van der Waals surface area contributed by atoms with Crippen molar-refractivity contribution in [2.24, 2.45) is 4.99 Å². The normalized spacial score (nSPS) is 19.0. The van der Waals surface area contributed by atoms with E-state index in [4.69, 9.17) is 21.1 Å². The Kier molecular flexibility index (Phi) is 8.92. The van der Waals surface area contributed by atoms with Gasteiger partial charge in [-0.05, 0) is 39.3 Å². The molecule has 0 aliphatic carbocycles. The molecule has 1 heterocycles. The minimum Gasteiger partial charge on any atom is -0.450 e. The molecule has 7 nitrogen and oxygen atoms in total. The number of nitrogens with one attached hydrogen (secondary N) is 2. The maximum absolute atomic E-state index is 11.8. The van der Waals surface area contributed by atoms with Crippen molar-refractivity contribution in [2.45, 2.75) is 45.4 Å². The van der Waals surface area contributed by atoms with Gasteiger partial charge in [-0.2, -0.15) is 0 Å². The van der Waals surface area contributed by atoms with Crippen LogP contribution in [-0.2, 0) is 9.47 Å². The molecule has 2 N–H and O–H groups in total. The summed E-state index contributed by atoms with van der Waals surface area (Å²) in [5.74, 6) is 1.16. The van der Waals surface area contributed by atoms with Gasteiger partial charge in [-0.25, -0.2) is 9.59 Å².